The number of benzene rings is 2. The molecule has 37 heavy (non-hydrogen) atoms. The van der Waals surface area contributed by atoms with E-state index in [9.17, 15) is 14.7 Å². The van der Waals surface area contributed by atoms with E-state index >= 15 is 0 Å². The molecule has 8 heteroatoms. The van der Waals surface area contributed by atoms with Crippen molar-refractivity contribution in [1.29, 1.82) is 0 Å². The van der Waals surface area contributed by atoms with E-state index in [0.717, 1.165) is 47.6 Å². The van der Waals surface area contributed by atoms with E-state index in [1.54, 1.807) is 47.7 Å². The third kappa shape index (κ3) is 6.96. The quantitative estimate of drug-likeness (QED) is 0.321. The van der Waals surface area contributed by atoms with E-state index in [4.69, 9.17) is 0 Å². The lowest BCUT2D eigenvalue weighted by Gasteiger charge is -2.23. The average molecular weight is 521 g/mol. The summed E-state index contributed by atoms with van der Waals surface area (Å²) in [6, 6.07) is 12.7. The number of amides is 2. The number of aryl methyl sites for hydroxylation is 1. The Balaban J connectivity index is 1.25. The summed E-state index contributed by atoms with van der Waals surface area (Å²) in [5.41, 5.74) is 4.15. The Hall–Kier alpha value is -3.23. The molecule has 0 unspecified atom stereocenters. The van der Waals surface area contributed by atoms with Gasteiger partial charge < -0.3 is 20.6 Å². The molecule has 0 spiro atoms. The van der Waals surface area contributed by atoms with Gasteiger partial charge in [0, 0.05) is 41.8 Å². The van der Waals surface area contributed by atoms with E-state index in [0.29, 0.717) is 36.7 Å². The highest BCUT2D eigenvalue weighted by Gasteiger charge is 2.32. The van der Waals surface area contributed by atoms with Crippen LogP contribution in [0.5, 0.6) is 5.75 Å². The second kappa shape index (κ2) is 12.3. The zero-order chi connectivity index (χ0) is 26.4. The monoisotopic (exact) mass is 520 g/mol. The molecule has 4 rings (SSSR count). The number of thiazole rings is 1. The summed E-state index contributed by atoms with van der Waals surface area (Å²) in [6.45, 7) is 8.80. The number of rotatable bonds is 10. The number of aromatic hydroxyl groups is 1. The number of hydrogen-bond donors (Lipinski definition) is 3. The molecule has 7 nitrogen and oxygen atoms in total. The van der Waals surface area contributed by atoms with Crippen LogP contribution in [0.1, 0.15) is 87.6 Å². The highest BCUT2D eigenvalue weighted by molar-refractivity contribution is 7.09. The number of nitrogens with one attached hydrogen (secondary N) is 2. The molecular formula is C29H36N4O3S. The van der Waals surface area contributed by atoms with Crippen LogP contribution in [0.2, 0.25) is 0 Å². The standard InChI is InChI=1S/C29H36N4O3S/c1-19(2)24-13-21(14-25(34)16-24)17-30-10-6-11-31-27(35)22-7-4-8-23(15-22)29(36)33-12-5-9-26(33)28-32-20(3)18-37-28/h4,7-8,13-16,18-19,26,30,34H,5-6,9-12,17H2,1-3H3,(H,31,35)/t26-/m1/s1. The predicted molar refractivity (Wildman–Crippen MR) is 147 cm³/mol. The van der Waals surface area contributed by atoms with Crippen molar-refractivity contribution >= 4 is 23.2 Å². The molecule has 0 saturated carbocycles. The van der Waals surface area contributed by atoms with Gasteiger partial charge in [0.25, 0.3) is 11.8 Å². The SMILES string of the molecule is Cc1csc([C@H]2CCCN2C(=O)c2cccc(C(=O)NCCCNCc3cc(O)cc(C(C)C)c3)c2)n1. The van der Waals surface area contributed by atoms with Crippen LogP contribution >= 0.6 is 11.3 Å². The summed E-state index contributed by atoms with van der Waals surface area (Å²) in [4.78, 5) is 32.5. The van der Waals surface area contributed by atoms with Crippen molar-refractivity contribution in [3.8, 4) is 5.75 Å². The maximum absolute atomic E-state index is 13.3. The molecule has 1 aliphatic rings. The van der Waals surface area contributed by atoms with Crippen LogP contribution < -0.4 is 10.6 Å². The zero-order valence-corrected chi connectivity index (χ0v) is 22.6. The first-order chi connectivity index (χ1) is 17.8. The van der Waals surface area contributed by atoms with Crippen LogP contribution in [0.4, 0.5) is 0 Å². The first kappa shape index (κ1) is 26.8. The van der Waals surface area contributed by atoms with Crippen molar-refractivity contribution in [3.05, 3.63) is 80.8 Å². The Kier molecular flexibility index (Phi) is 8.95. The van der Waals surface area contributed by atoms with Crippen LogP contribution in [-0.4, -0.2) is 46.4 Å². The molecule has 1 aromatic heterocycles. The average Bonchev–Trinajstić information content (AvgIpc) is 3.54. The molecule has 2 amide bonds. The Morgan fingerprint density at radius 3 is 2.73 bits per heavy atom. The van der Waals surface area contributed by atoms with Crippen LogP contribution in [0, 0.1) is 6.92 Å². The van der Waals surface area contributed by atoms with Crippen molar-refractivity contribution in [1.82, 2.24) is 20.5 Å². The van der Waals surface area contributed by atoms with Crippen molar-refractivity contribution in [2.45, 2.75) is 58.5 Å². The van der Waals surface area contributed by atoms with E-state index in [1.165, 1.54) is 0 Å². The first-order valence-corrected chi connectivity index (χ1v) is 13.8. The lowest BCUT2D eigenvalue weighted by Crippen LogP contribution is -2.31. The molecule has 196 valence electrons. The summed E-state index contributed by atoms with van der Waals surface area (Å²) in [5.74, 6) is 0.405. The molecule has 3 N–H and O–H groups in total. The summed E-state index contributed by atoms with van der Waals surface area (Å²) < 4.78 is 0. The Morgan fingerprint density at radius 1 is 1.16 bits per heavy atom. The maximum Gasteiger partial charge on any atom is 0.254 e. The topological polar surface area (TPSA) is 94.6 Å². The molecular weight excluding hydrogens is 484 g/mol. The largest absolute Gasteiger partial charge is 0.508 e. The normalized spacial score (nSPS) is 15.4. The molecule has 3 aromatic rings. The molecule has 1 fully saturated rings. The molecule has 1 saturated heterocycles. The molecule has 0 aliphatic carbocycles. The van der Waals surface area contributed by atoms with Crippen molar-refractivity contribution in [2.24, 2.45) is 0 Å². The minimum Gasteiger partial charge on any atom is -0.508 e. The Bertz CT molecular complexity index is 1240. The zero-order valence-electron chi connectivity index (χ0n) is 21.8. The molecule has 2 aromatic carbocycles. The number of hydrogen-bond acceptors (Lipinski definition) is 6. The van der Waals surface area contributed by atoms with Crippen molar-refractivity contribution in [2.75, 3.05) is 19.6 Å². The summed E-state index contributed by atoms with van der Waals surface area (Å²) in [7, 11) is 0. The fourth-order valence-electron chi connectivity index (χ4n) is 4.64. The van der Waals surface area contributed by atoms with Gasteiger partial charge in [0.05, 0.1) is 6.04 Å². The fraction of sp³-hybridized carbons (Fsp3) is 0.414. The van der Waals surface area contributed by atoms with Crippen LogP contribution in [0.25, 0.3) is 0 Å². The second-order valence-corrected chi connectivity index (χ2v) is 10.8. The first-order valence-electron chi connectivity index (χ1n) is 13.0. The van der Waals surface area contributed by atoms with Gasteiger partial charge in [-0.15, -0.1) is 11.3 Å². The molecule has 2 heterocycles. The van der Waals surface area contributed by atoms with Crippen molar-refractivity contribution < 1.29 is 14.7 Å². The smallest absolute Gasteiger partial charge is 0.254 e. The molecule has 0 radical (unpaired) electrons. The lowest BCUT2D eigenvalue weighted by molar-refractivity contribution is 0.0735. The Labute approximate surface area is 222 Å². The highest BCUT2D eigenvalue weighted by atomic mass is 32.1. The van der Waals surface area contributed by atoms with Crippen LogP contribution in [-0.2, 0) is 6.54 Å². The number of carbonyl (C=O) groups excluding carboxylic acids is 2. The van der Waals surface area contributed by atoms with E-state index < -0.39 is 0 Å². The number of phenolic OH excluding ortho intramolecular Hbond substituents is 1. The van der Waals surface area contributed by atoms with Gasteiger partial charge in [-0.1, -0.05) is 26.0 Å². The fourth-order valence-corrected chi connectivity index (χ4v) is 5.58. The maximum atomic E-state index is 13.3. The number of aromatic nitrogens is 1. The number of phenols is 1. The number of nitrogens with zero attached hydrogens (tertiary/aromatic N) is 2. The highest BCUT2D eigenvalue weighted by Crippen LogP contribution is 2.34. The summed E-state index contributed by atoms with van der Waals surface area (Å²) >= 11 is 1.60. The van der Waals surface area contributed by atoms with Gasteiger partial charge >= 0.3 is 0 Å². The third-order valence-electron chi connectivity index (χ3n) is 6.62. The van der Waals surface area contributed by atoms with Gasteiger partial charge in [0.1, 0.15) is 10.8 Å². The lowest BCUT2D eigenvalue weighted by atomic mass is 10.0. The van der Waals surface area contributed by atoms with Gasteiger partial charge in [-0.2, -0.15) is 0 Å². The number of likely N-dealkylation sites (tertiary alicyclic amines) is 1. The third-order valence-corrected chi connectivity index (χ3v) is 7.68. The second-order valence-electron chi connectivity index (χ2n) is 9.94. The van der Waals surface area contributed by atoms with Crippen LogP contribution in [0.15, 0.2) is 47.8 Å². The van der Waals surface area contributed by atoms with Gasteiger partial charge in [0.2, 0.25) is 0 Å². The van der Waals surface area contributed by atoms with Gasteiger partial charge in [-0.05, 0) is 80.1 Å². The minimum atomic E-state index is -0.183. The van der Waals surface area contributed by atoms with Crippen LogP contribution in [0.3, 0.4) is 0 Å². The van der Waals surface area contributed by atoms with Crippen molar-refractivity contribution in [3.63, 3.8) is 0 Å². The summed E-state index contributed by atoms with van der Waals surface area (Å²) in [6.07, 6.45) is 2.63. The van der Waals surface area contributed by atoms with E-state index in [1.807, 2.05) is 17.2 Å². The van der Waals surface area contributed by atoms with E-state index in [2.05, 4.69) is 35.5 Å². The predicted octanol–water partition coefficient (Wildman–Crippen LogP) is 5.17. The summed E-state index contributed by atoms with van der Waals surface area (Å²) in [5, 5.41) is 19.3. The molecule has 1 aliphatic heterocycles. The van der Waals surface area contributed by atoms with Gasteiger partial charge in [-0.3, -0.25) is 9.59 Å². The number of carbonyl (C=O) groups is 2. The van der Waals surface area contributed by atoms with Gasteiger partial charge in [-0.25, -0.2) is 4.98 Å². The minimum absolute atomic E-state index is 0.00740. The Morgan fingerprint density at radius 2 is 1.97 bits per heavy atom. The van der Waals surface area contributed by atoms with E-state index in [-0.39, 0.29) is 23.6 Å². The van der Waals surface area contributed by atoms with Gasteiger partial charge in [0.15, 0.2) is 0 Å². The molecule has 0 bridgehead atoms. The molecule has 1 atom stereocenters.